The maximum absolute atomic E-state index is 8.25. The quantitative estimate of drug-likeness (QED) is 0.171. The van der Waals surface area contributed by atoms with Gasteiger partial charge in [0.05, 0.1) is 5.09 Å². The van der Waals surface area contributed by atoms with Crippen LogP contribution in [0.1, 0.15) is 0 Å². The SMILES string of the molecule is O.O=[N+]([O-])[O-].[Li+]. The zero-order chi connectivity index (χ0) is 3.58. The molecule has 0 heterocycles. The van der Waals surface area contributed by atoms with Crippen LogP contribution in [-0.4, -0.2) is 10.6 Å². The number of hydrogen-bond acceptors (Lipinski definition) is 3. The van der Waals surface area contributed by atoms with Crippen LogP contribution >= 0.6 is 0 Å². The molecule has 32 valence electrons. The molecule has 0 unspecified atom stereocenters. The smallest absolute Gasteiger partial charge is 0.412 e. The van der Waals surface area contributed by atoms with E-state index >= 15 is 0 Å². The molecule has 0 aliphatic rings. The van der Waals surface area contributed by atoms with Crippen molar-refractivity contribution >= 4 is 0 Å². The van der Waals surface area contributed by atoms with Crippen LogP contribution in [0.5, 0.6) is 0 Å². The first-order valence-electron chi connectivity index (χ1n) is 0.548. The van der Waals surface area contributed by atoms with Crippen molar-refractivity contribution in [3.63, 3.8) is 0 Å². The Morgan fingerprint density at radius 1 is 1.33 bits per heavy atom. The molecule has 6 heavy (non-hydrogen) atoms. The third kappa shape index (κ3) is 485. The zero-order valence-electron chi connectivity index (χ0n) is 3.17. The van der Waals surface area contributed by atoms with Gasteiger partial charge in [-0.1, -0.05) is 0 Å². The van der Waals surface area contributed by atoms with Gasteiger partial charge in [0.15, 0.2) is 0 Å². The molecule has 0 aliphatic carbocycles. The summed E-state index contributed by atoms with van der Waals surface area (Å²) < 4.78 is 0. The zero-order valence-corrected chi connectivity index (χ0v) is 3.17. The second-order valence-electron chi connectivity index (χ2n) is 0.224. The molecule has 0 rings (SSSR count). The Morgan fingerprint density at radius 3 is 1.33 bits per heavy atom. The van der Waals surface area contributed by atoms with E-state index in [4.69, 9.17) is 15.3 Å². The van der Waals surface area contributed by atoms with Gasteiger partial charge in [0, 0.05) is 0 Å². The van der Waals surface area contributed by atoms with Crippen molar-refractivity contribution < 1.29 is 29.4 Å². The van der Waals surface area contributed by atoms with E-state index in [9.17, 15) is 0 Å². The summed E-state index contributed by atoms with van der Waals surface area (Å²) in [5, 5.41) is 14.8. The van der Waals surface area contributed by atoms with Gasteiger partial charge >= 0.3 is 18.9 Å². The van der Waals surface area contributed by atoms with Crippen molar-refractivity contribution in [3.8, 4) is 0 Å². The average molecular weight is 87.0 g/mol. The van der Waals surface area contributed by atoms with Gasteiger partial charge in [0.1, 0.15) is 0 Å². The van der Waals surface area contributed by atoms with Crippen LogP contribution in [0.25, 0.3) is 0 Å². The molecule has 0 bridgehead atoms. The van der Waals surface area contributed by atoms with Gasteiger partial charge in [-0.25, -0.2) is 0 Å². The fourth-order valence-electron chi connectivity index (χ4n) is 0. The summed E-state index contributed by atoms with van der Waals surface area (Å²) in [5.74, 6) is 0. The van der Waals surface area contributed by atoms with Crippen molar-refractivity contribution in [3.05, 3.63) is 15.3 Å². The van der Waals surface area contributed by atoms with Crippen molar-refractivity contribution in [2.24, 2.45) is 0 Å². The van der Waals surface area contributed by atoms with Crippen LogP contribution in [0.4, 0.5) is 0 Å². The van der Waals surface area contributed by atoms with E-state index in [-0.39, 0.29) is 24.3 Å². The monoisotopic (exact) mass is 87.0 g/mol. The van der Waals surface area contributed by atoms with E-state index in [0.717, 1.165) is 0 Å². The molecule has 0 aliphatic heterocycles. The minimum atomic E-state index is -1.75. The summed E-state index contributed by atoms with van der Waals surface area (Å²) in [6.07, 6.45) is 0. The van der Waals surface area contributed by atoms with Gasteiger partial charge in [-0.15, -0.1) is 0 Å². The van der Waals surface area contributed by atoms with Gasteiger partial charge in [0.25, 0.3) is 0 Å². The molecule has 0 atom stereocenters. The van der Waals surface area contributed by atoms with Crippen molar-refractivity contribution in [2.45, 2.75) is 0 Å². The standard InChI is InChI=1S/Li.NO3.H2O/c;2-1(3)4;/h;;1H2/q+1;-1;. The summed E-state index contributed by atoms with van der Waals surface area (Å²) >= 11 is 0. The van der Waals surface area contributed by atoms with Crippen molar-refractivity contribution in [1.29, 1.82) is 0 Å². The molecule has 5 nitrogen and oxygen atoms in total. The Morgan fingerprint density at radius 2 is 1.33 bits per heavy atom. The minimum absolute atomic E-state index is 0. The molecule has 2 N–H and O–H groups in total. The fourth-order valence-corrected chi connectivity index (χ4v) is 0. The maximum Gasteiger partial charge on any atom is 1.00 e. The molecule has 0 amide bonds. The maximum atomic E-state index is 8.25. The number of rotatable bonds is 0. The average Bonchev–Trinajstić information content (AvgIpc) is 0.811. The van der Waals surface area contributed by atoms with E-state index in [2.05, 4.69) is 0 Å². The van der Waals surface area contributed by atoms with Crippen molar-refractivity contribution in [1.82, 2.24) is 0 Å². The topological polar surface area (TPSA) is 97.7 Å². The van der Waals surface area contributed by atoms with E-state index in [0.29, 0.717) is 0 Å². The second-order valence-corrected chi connectivity index (χ2v) is 0.224. The number of hydrogen-bond donors (Lipinski definition) is 0. The van der Waals surface area contributed by atoms with E-state index < -0.39 is 5.09 Å². The third-order valence-electron chi connectivity index (χ3n) is 0. The van der Waals surface area contributed by atoms with Crippen LogP contribution in [0, 0.1) is 15.3 Å². The van der Waals surface area contributed by atoms with Crippen LogP contribution in [-0.2, 0) is 0 Å². The molecular formula is H2LiNO4. The van der Waals surface area contributed by atoms with E-state index in [1.807, 2.05) is 0 Å². The Hall–Kier alpha value is -0.243. The summed E-state index contributed by atoms with van der Waals surface area (Å²) in [6, 6.07) is 0. The van der Waals surface area contributed by atoms with E-state index in [1.54, 1.807) is 0 Å². The minimum Gasteiger partial charge on any atom is -0.412 e. The first-order valence-corrected chi connectivity index (χ1v) is 0.548. The Balaban J connectivity index is -0.0000000450. The fraction of sp³-hybridized carbons (Fsp3) is 0. The predicted molar refractivity (Wildman–Crippen MR) is 14.0 cm³/mol. The first-order chi connectivity index (χ1) is 1.73. The Kier molecular flexibility index (Phi) is 25.2. The molecule has 0 aromatic heterocycles. The van der Waals surface area contributed by atoms with Crippen LogP contribution in [0.3, 0.4) is 0 Å². The normalized spacial score (nSPS) is 4.00. The van der Waals surface area contributed by atoms with Crippen LogP contribution in [0.2, 0.25) is 0 Å². The van der Waals surface area contributed by atoms with E-state index in [1.165, 1.54) is 0 Å². The van der Waals surface area contributed by atoms with Gasteiger partial charge < -0.3 is 20.8 Å². The summed E-state index contributed by atoms with van der Waals surface area (Å²) in [7, 11) is 0. The molecule has 0 aromatic rings. The predicted octanol–water partition coefficient (Wildman–Crippen LogP) is -4.06. The Bertz CT molecular complexity index is 30.5. The largest absolute Gasteiger partial charge is 1.00 e. The first kappa shape index (κ1) is 17.1. The van der Waals surface area contributed by atoms with Gasteiger partial charge in [0.2, 0.25) is 0 Å². The number of nitrogens with zero attached hydrogens (tertiary/aromatic N) is 1. The molecule has 0 saturated heterocycles. The van der Waals surface area contributed by atoms with Gasteiger partial charge in [-0.3, -0.25) is 0 Å². The van der Waals surface area contributed by atoms with Gasteiger partial charge in [-0.05, 0) is 0 Å². The second kappa shape index (κ2) is 8.83. The van der Waals surface area contributed by atoms with Crippen LogP contribution in [0.15, 0.2) is 0 Å². The molecule has 0 fully saturated rings. The molecule has 0 aromatic carbocycles. The third-order valence-corrected chi connectivity index (χ3v) is 0. The Labute approximate surface area is 45.6 Å². The molecule has 0 radical (unpaired) electrons. The van der Waals surface area contributed by atoms with Crippen molar-refractivity contribution in [2.75, 3.05) is 0 Å². The molecular weight excluding hydrogens is 84.9 g/mol. The summed E-state index contributed by atoms with van der Waals surface area (Å²) in [4.78, 5) is 8.25. The summed E-state index contributed by atoms with van der Waals surface area (Å²) in [6.45, 7) is 0. The van der Waals surface area contributed by atoms with Crippen LogP contribution < -0.4 is 18.9 Å². The molecule has 0 saturated carbocycles. The van der Waals surface area contributed by atoms with Gasteiger partial charge in [-0.2, -0.15) is 0 Å². The molecule has 6 heteroatoms. The molecule has 0 spiro atoms. The summed E-state index contributed by atoms with van der Waals surface area (Å²) in [5.41, 5.74) is 0.